The number of hydrogen-bond donors (Lipinski definition) is 1. The van der Waals surface area contributed by atoms with E-state index in [9.17, 15) is 18.0 Å². The van der Waals surface area contributed by atoms with E-state index in [4.69, 9.17) is 26.8 Å². The minimum atomic E-state index is -4.60. The Kier molecular flexibility index (Phi) is 5.42. The molecule has 0 spiro atoms. The number of nitrogens with zero attached hydrogens (tertiary/aromatic N) is 1. The normalized spacial score (nSPS) is 12.6. The molecule has 9 heteroatoms. The van der Waals surface area contributed by atoms with Crippen molar-refractivity contribution in [2.75, 3.05) is 14.2 Å². The number of hydrogen-bond acceptors (Lipinski definition) is 4. The number of alkyl halides is 3. The summed E-state index contributed by atoms with van der Waals surface area (Å²) < 4.78 is 48.5. The Morgan fingerprint density at radius 2 is 1.84 bits per heavy atom. The molecule has 0 unspecified atom stereocenters. The first-order valence-electron chi connectivity index (χ1n) is 6.93. The SMILES string of the molecule is COc1ccc([C@H](C(N)=O)c2ncc(C(F)(F)F)cc2Cl)cc1OC. The molecular formula is C16H14ClF3N2O3. The maximum absolute atomic E-state index is 12.7. The third kappa shape index (κ3) is 3.96. The van der Waals surface area contributed by atoms with E-state index >= 15 is 0 Å². The summed E-state index contributed by atoms with van der Waals surface area (Å²) in [5.74, 6) is -1.22. The van der Waals surface area contributed by atoms with Crippen LogP contribution in [0.3, 0.4) is 0 Å². The summed E-state index contributed by atoms with van der Waals surface area (Å²) in [6.45, 7) is 0. The van der Waals surface area contributed by atoms with Crippen LogP contribution in [0.5, 0.6) is 11.5 Å². The van der Waals surface area contributed by atoms with Gasteiger partial charge in [0, 0.05) is 6.20 Å². The van der Waals surface area contributed by atoms with Crippen molar-refractivity contribution in [1.29, 1.82) is 0 Å². The third-order valence-electron chi connectivity index (χ3n) is 3.50. The molecule has 2 rings (SSSR count). The fraction of sp³-hybridized carbons (Fsp3) is 0.250. The molecule has 0 aliphatic rings. The predicted octanol–water partition coefficient (Wildman–Crippen LogP) is 3.39. The molecular weight excluding hydrogens is 361 g/mol. The lowest BCUT2D eigenvalue weighted by Crippen LogP contribution is -2.24. The van der Waals surface area contributed by atoms with Crippen LogP contribution in [0.15, 0.2) is 30.5 Å². The van der Waals surface area contributed by atoms with Crippen molar-refractivity contribution in [2.45, 2.75) is 12.1 Å². The highest BCUT2D eigenvalue weighted by Gasteiger charge is 2.33. The van der Waals surface area contributed by atoms with Crippen molar-refractivity contribution in [1.82, 2.24) is 4.98 Å². The second-order valence-electron chi connectivity index (χ2n) is 5.04. The number of halogens is 4. The van der Waals surface area contributed by atoms with Gasteiger partial charge in [-0.3, -0.25) is 9.78 Å². The van der Waals surface area contributed by atoms with E-state index in [1.807, 2.05) is 0 Å². The summed E-state index contributed by atoms with van der Waals surface area (Å²) in [5, 5.41) is -0.312. The quantitative estimate of drug-likeness (QED) is 0.870. The van der Waals surface area contributed by atoms with Gasteiger partial charge in [-0.25, -0.2) is 0 Å². The summed E-state index contributed by atoms with van der Waals surface area (Å²) in [6, 6.07) is 5.28. The summed E-state index contributed by atoms with van der Waals surface area (Å²) >= 11 is 5.93. The number of aromatic nitrogens is 1. The number of methoxy groups -OCH3 is 2. The Bertz CT molecular complexity index is 797. The molecule has 1 atom stereocenters. The molecule has 1 amide bonds. The predicted molar refractivity (Wildman–Crippen MR) is 84.8 cm³/mol. The van der Waals surface area contributed by atoms with Gasteiger partial charge in [-0.2, -0.15) is 13.2 Å². The number of carbonyl (C=O) groups is 1. The molecule has 0 aliphatic heterocycles. The number of benzene rings is 1. The molecule has 134 valence electrons. The minimum absolute atomic E-state index is 0.0746. The zero-order valence-corrected chi connectivity index (χ0v) is 14.0. The van der Waals surface area contributed by atoms with E-state index < -0.39 is 23.6 Å². The molecule has 1 heterocycles. The summed E-state index contributed by atoms with van der Waals surface area (Å²) in [7, 11) is 2.85. The fourth-order valence-corrected chi connectivity index (χ4v) is 2.58. The molecule has 25 heavy (non-hydrogen) atoms. The second-order valence-corrected chi connectivity index (χ2v) is 5.45. The van der Waals surface area contributed by atoms with Crippen molar-refractivity contribution < 1.29 is 27.4 Å². The smallest absolute Gasteiger partial charge is 0.417 e. The lowest BCUT2D eigenvalue weighted by molar-refractivity contribution is -0.137. The van der Waals surface area contributed by atoms with E-state index in [0.29, 0.717) is 29.3 Å². The van der Waals surface area contributed by atoms with Crippen LogP contribution >= 0.6 is 11.6 Å². The first-order valence-corrected chi connectivity index (χ1v) is 7.30. The van der Waals surface area contributed by atoms with Crippen LogP contribution in [-0.4, -0.2) is 25.1 Å². The Balaban J connectivity index is 2.55. The van der Waals surface area contributed by atoms with Gasteiger partial charge in [0.1, 0.15) is 5.92 Å². The number of carbonyl (C=O) groups excluding carboxylic acids is 1. The molecule has 2 aromatic rings. The van der Waals surface area contributed by atoms with Crippen molar-refractivity contribution in [3.05, 3.63) is 52.3 Å². The van der Waals surface area contributed by atoms with Crippen LogP contribution in [0.25, 0.3) is 0 Å². The number of ether oxygens (including phenoxy) is 2. The molecule has 0 radical (unpaired) electrons. The lowest BCUT2D eigenvalue weighted by atomic mass is 9.93. The number of primary amides is 1. The molecule has 0 aliphatic carbocycles. The van der Waals surface area contributed by atoms with Crippen LogP contribution in [0.4, 0.5) is 13.2 Å². The zero-order valence-electron chi connectivity index (χ0n) is 13.2. The Hall–Kier alpha value is -2.48. The summed E-state index contributed by atoms with van der Waals surface area (Å²) in [6.07, 6.45) is -3.99. The lowest BCUT2D eigenvalue weighted by Gasteiger charge is -2.18. The van der Waals surface area contributed by atoms with Gasteiger partial charge >= 0.3 is 6.18 Å². The summed E-state index contributed by atoms with van der Waals surface area (Å²) in [4.78, 5) is 15.6. The zero-order chi connectivity index (χ0) is 18.8. The van der Waals surface area contributed by atoms with Crippen molar-refractivity contribution in [2.24, 2.45) is 5.73 Å². The topological polar surface area (TPSA) is 74.4 Å². The number of amides is 1. The van der Waals surface area contributed by atoms with Gasteiger partial charge < -0.3 is 15.2 Å². The van der Waals surface area contributed by atoms with E-state index in [0.717, 1.165) is 0 Å². The monoisotopic (exact) mass is 374 g/mol. The van der Waals surface area contributed by atoms with Crippen molar-refractivity contribution in [3.63, 3.8) is 0 Å². The van der Waals surface area contributed by atoms with Gasteiger partial charge in [0.15, 0.2) is 11.5 Å². The second kappa shape index (κ2) is 7.18. The van der Waals surface area contributed by atoms with E-state index in [2.05, 4.69) is 4.98 Å². The van der Waals surface area contributed by atoms with E-state index in [1.54, 1.807) is 6.07 Å². The molecule has 0 fully saturated rings. The van der Waals surface area contributed by atoms with Crippen molar-refractivity contribution in [3.8, 4) is 11.5 Å². The maximum atomic E-state index is 12.7. The average molecular weight is 375 g/mol. The molecule has 0 saturated heterocycles. The fourth-order valence-electron chi connectivity index (χ4n) is 2.31. The van der Waals surface area contributed by atoms with E-state index in [-0.39, 0.29) is 10.7 Å². The first kappa shape index (κ1) is 18.9. The summed E-state index contributed by atoms with van der Waals surface area (Å²) in [5.41, 5.74) is 4.69. The van der Waals surface area contributed by atoms with Crippen LogP contribution in [0.2, 0.25) is 5.02 Å². The van der Waals surface area contributed by atoms with E-state index in [1.165, 1.54) is 26.4 Å². The maximum Gasteiger partial charge on any atom is 0.417 e. The van der Waals surface area contributed by atoms with Crippen LogP contribution in [0, 0.1) is 0 Å². The van der Waals surface area contributed by atoms with Crippen LogP contribution in [-0.2, 0) is 11.0 Å². The van der Waals surface area contributed by atoms with Crippen LogP contribution in [0.1, 0.15) is 22.7 Å². The standard InChI is InChI=1S/C16H14ClF3N2O3/c1-24-11-4-3-8(5-12(11)25-2)13(15(21)23)14-10(17)6-9(7-22-14)16(18,19)20/h3-7,13H,1-2H3,(H2,21,23)/t13-/m0/s1. The minimum Gasteiger partial charge on any atom is -0.493 e. The van der Waals surface area contributed by atoms with Gasteiger partial charge in [-0.15, -0.1) is 0 Å². The van der Waals surface area contributed by atoms with Gasteiger partial charge in [0.2, 0.25) is 5.91 Å². The van der Waals surface area contributed by atoms with Crippen LogP contribution < -0.4 is 15.2 Å². The largest absolute Gasteiger partial charge is 0.493 e. The molecule has 5 nitrogen and oxygen atoms in total. The molecule has 0 saturated carbocycles. The highest BCUT2D eigenvalue weighted by Crippen LogP contribution is 2.37. The Morgan fingerprint density at radius 3 is 2.32 bits per heavy atom. The third-order valence-corrected chi connectivity index (χ3v) is 3.80. The molecule has 0 bridgehead atoms. The average Bonchev–Trinajstić information content (AvgIpc) is 2.55. The highest BCUT2D eigenvalue weighted by atomic mass is 35.5. The Morgan fingerprint density at radius 1 is 1.20 bits per heavy atom. The van der Waals surface area contributed by atoms with Crippen molar-refractivity contribution >= 4 is 17.5 Å². The van der Waals surface area contributed by atoms with Gasteiger partial charge in [0.05, 0.1) is 30.5 Å². The Labute approximate surface area is 146 Å². The highest BCUT2D eigenvalue weighted by molar-refractivity contribution is 6.31. The molecule has 1 aromatic heterocycles. The first-order chi connectivity index (χ1) is 11.7. The van der Waals surface area contributed by atoms with Gasteiger partial charge in [-0.05, 0) is 23.8 Å². The van der Waals surface area contributed by atoms with Gasteiger partial charge in [0.25, 0.3) is 0 Å². The number of nitrogens with two attached hydrogens (primary N) is 1. The molecule has 2 N–H and O–H groups in total. The number of pyridine rings is 1. The molecule has 1 aromatic carbocycles. The van der Waals surface area contributed by atoms with Gasteiger partial charge in [-0.1, -0.05) is 17.7 Å². The number of rotatable bonds is 5.